The lowest BCUT2D eigenvalue weighted by Crippen LogP contribution is -2.52. The highest BCUT2D eigenvalue weighted by molar-refractivity contribution is 5.90. The van der Waals surface area contributed by atoms with Crippen molar-refractivity contribution in [2.45, 2.75) is 79.3 Å². The Morgan fingerprint density at radius 2 is 1.60 bits per heavy atom. The molecule has 0 saturated carbocycles. The number of nitrogens with one attached hydrogen (secondary N) is 3. The van der Waals surface area contributed by atoms with Gasteiger partial charge in [0.15, 0.2) is 0 Å². The van der Waals surface area contributed by atoms with E-state index in [0.29, 0.717) is 18.8 Å². The largest absolute Gasteiger partial charge is 0.352 e. The van der Waals surface area contributed by atoms with Crippen molar-refractivity contribution < 1.29 is 14.4 Å². The van der Waals surface area contributed by atoms with Crippen LogP contribution in [0.1, 0.15) is 66.4 Å². The van der Waals surface area contributed by atoms with E-state index >= 15 is 0 Å². The Bertz CT molecular complexity index is 686. The van der Waals surface area contributed by atoms with Crippen molar-refractivity contribution in [2.75, 3.05) is 6.54 Å². The Hall–Kier alpha value is -2.37. The number of carbonyl (C=O) groups excluding carboxylic acids is 3. The Morgan fingerprint density at radius 1 is 0.967 bits per heavy atom. The maximum atomic E-state index is 12.7. The van der Waals surface area contributed by atoms with Gasteiger partial charge in [-0.3, -0.25) is 14.4 Å². The van der Waals surface area contributed by atoms with Gasteiger partial charge in [-0.05, 0) is 36.7 Å². The number of rotatable bonds is 12. The van der Waals surface area contributed by atoms with Crippen molar-refractivity contribution >= 4 is 17.7 Å². The number of amides is 3. The van der Waals surface area contributed by atoms with E-state index in [-0.39, 0.29) is 35.7 Å². The summed E-state index contributed by atoms with van der Waals surface area (Å²) in [6.07, 6.45) is 2.49. The maximum Gasteiger partial charge on any atom is 0.243 e. The fourth-order valence-corrected chi connectivity index (χ4v) is 3.60. The molecule has 0 heterocycles. The summed E-state index contributed by atoms with van der Waals surface area (Å²) < 4.78 is 0. The summed E-state index contributed by atoms with van der Waals surface area (Å²) in [7, 11) is 0. The van der Waals surface area contributed by atoms with Gasteiger partial charge in [-0.1, -0.05) is 65.0 Å². The summed E-state index contributed by atoms with van der Waals surface area (Å²) in [5, 5.41) is 8.40. The van der Waals surface area contributed by atoms with Crippen LogP contribution in [0.5, 0.6) is 0 Å². The van der Waals surface area contributed by atoms with Gasteiger partial charge in [0.05, 0.1) is 6.54 Å². The van der Waals surface area contributed by atoms with E-state index in [4.69, 9.17) is 0 Å². The van der Waals surface area contributed by atoms with E-state index < -0.39 is 6.04 Å². The van der Waals surface area contributed by atoms with E-state index in [1.807, 2.05) is 44.2 Å². The molecule has 2 unspecified atom stereocenters. The molecule has 3 amide bonds. The van der Waals surface area contributed by atoms with Crippen LogP contribution in [0.15, 0.2) is 30.3 Å². The fraction of sp³-hybridized carbons (Fsp3) is 0.625. The predicted molar refractivity (Wildman–Crippen MR) is 121 cm³/mol. The topological polar surface area (TPSA) is 87.3 Å². The summed E-state index contributed by atoms with van der Waals surface area (Å²) >= 11 is 0. The molecular formula is C24H39N3O3. The molecule has 0 saturated heterocycles. The van der Waals surface area contributed by atoms with Crippen molar-refractivity contribution in [3.8, 4) is 0 Å². The number of benzene rings is 1. The highest BCUT2D eigenvalue weighted by Gasteiger charge is 2.25. The molecule has 0 radical (unpaired) electrons. The van der Waals surface area contributed by atoms with Gasteiger partial charge in [0.2, 0.25) is 17.7 Å². The van der Waals surface area contributed by atoms with Crippen molar-refractivity contribution in [1.29, 1.82) is 0 Å². The smallest absolute Gasteiger partial charge is 0.243 e. The Balaban J connectivity index is 2.65. The molecule has 2 atom stereocenters. The summed E-state index contributed by atoms with van der Waals surface area (Å²) in [6, 6.07) is 8.90. The zero-order chi connectivity index (χ0) is 22.7. The van der Waals surface area contributed by atoms with Crippen molar-refractivity contribution in [2.24, 2.45) is 11.3 Å². The van der Waals surface area contributed by atoms with Gasteiger partial charge in [-0.15, -0.1) is 0 Å². The van der Waals surface area contributed by atoms with E-state index in [0.717, 1.165) is 18.4 Å². The quantitative estimate of drug-likeness (QED) is 0.488. The Kier molecular flexibility index (Phi) is 10.6. The first-order chi connectivity index (χ1) is 14.0. The molecule has 0 aliphatic heterocycles. The normalized spacial score (nSPS) is 13.4. The SMILES string of the molecule is CCC(C)NC(=O)C(Cc1ccccc1)NC(=O)CNC(=O)CC(C)(C)CC(C)C. The van der Waals surface area contributed by atoms with E-state index in [2.05, 4.69) is 43.6 Å². The second-order valence-electron chi connectivity index (χ2n) is 9.34. The lowest BCUT2D eigenvalue weighted by Gasteiger charge is -2.26. The molecule has 1 aromatic carbocycles. The molecule has 0 fully saturated rings. The molecule has 168 valence electrons. The van der Waals surface area contributed by atoms with Gasteiger partial charge in [-0.2, -0.15) is 0 Å². The molecule has 1 rings (SSSR count). The first-order valence-electron chi connectivity index (χ1n) is 10.9. The molecule has 1 aromatic rings. The Labute approximate surface area is 181 Å². The maximum absolute atomic E-state index is 12.7. The molecule has 6 nitrogen and oxygen atoms in total. The van der Waals surface area contributed by atoms with Gasteiger partial charge >= 0.3 is 0 Å². The van der Waals surface area contributed by atoms with Crippen LogP contribution in [0.2, 0.25) is 0 Å². The lowest BCUT2D eigenvalue weighted by molar-refractivity contribution is -0.130. The van der Waals surface area contributed by atoms with E-state index in [1.54, 1.807) is 0 Å². The van der Waals surface area contributed by atoms with Crippen molar-refractivity contribution in [1.82, 2.24) is 16.0 Å². The fourth-order valence-electron chi connectivity index (χ4n) is 3.60. The summed E-state index contributed by atoms with van der Waals surface area (Å²) in [5.41, 5.74) is 0.836. The third kappa shape index (κ3) is 10.4. The number of carbonyl (C=O) groups is 3. The lowest BCUT2D eigenvalue weighted by atomic mass is 9.81. The number of hydrogen-bond acceptors (Lipinski definition) is 3. The second-order valence-corrected chi connectivity index (χ2v) is 9.34. The summed E-state index contributed by atoms with van der Waals surface area (Å²) in [4.78, 5) is 37.4. The highest BCUT2D eigenvalue weighted by atomic mass is 16.2. The van der Waals surface area contributed by atoms with Crippen LogP contribution in [0.3, 0.4) is 0 Å². The molecule has 30 heavy (non-hydrogen) atoms. The van der Waals surface area contributed by atoms with Gasteiger partial charge in [0.1, 0.15) is 6.04 Å². The summed E-state index contributed by atoms with van der Waals surface area (Å²) in [6.45, 7) is 12.2. The van der Waals surface area contributed by atoms with Gasteiger partial charge < -0.3 is 16.0 Å². The number of hydrogen-bond donors (Lipinski definition) is 3. The monoisotopic (exact) mass is 417 g/mol. The van der Waals surface area contributed by atoms with E-state index in [1.165, 1.54) is 0 Å². The molecular weight excluding hydrogens is 378 g/mol. The van der Waals surface area contributed by atoms with Crippen LogP contribution in [0.25, 0.3) is 0 Å². The van der Waals surface area contributed by atoms with E-state index in [9.17, 15) is 14.4 Å². The first-order valence-corrected chi connectivity index (χ1v) is 10.9. The Morgan fingerprint density at radius 3 is 2.17 bits per heavy atom. The van der Waals surface area contributed by atoms with Crippen molar-refractivity contribution in [3.05, 3.63) is 35.9 Å². The molecule has 0 bridgehead atoms. The van der Waals surface area contributed by atoms with Crippen LogP contribution in [-0.4, -0.2) is 36.3 Å². The minimum Gasteiger partial charge on any atom is -0.352 e. The third-order valence-electron chi connectivity index (χ3n) is 4.98. The zero-order valence-corrected chi connectivity index (χ0v) is 19.4. The molecule has 0 spiro atoms. The zero-order valence-electron chi connectivity index (χ0n) is 19.4. The van der Waals surface area contributed by atoms with Crippen LogP contribution in [-0.2, 0) is 20.8 Å². The van der Waals surface area contributed by atoms with Crippen LogP contribution in [0, 0.1) is 11.3 Å². The van der Waals surface area contributed by atoms with Gasteiger partial charge in [0.25, 0.3) is 0 Å². The molecule has 0 aliphatic carbocycles. The summed E-state index contributed by atoms with van der Waals surface area (Å²) in [5.74, 6) is -0.241. The standard InChI is InChI=1S/C24H39N3O3/c1-7-18(4)26-23(30)20(13-19-11-9-8-10-12-19)27-22(29)16-25-21(28)15-24(5,6)14-17(2)3/h8-12,17-18,20H,7,13-16H2,1-6H3,(H,25,28)(H,26,30)(H,27,29). The second kappa shape index (κ2) is 12.4. The molecule has 6 heteroatoms. The average molecular weight is 418 g/mol. The van der Waals surface area contributed by atoms with Gasteiger partial charge in [-0.25, -0.2) is 0 Å². The average Bonchev–Trinajstić information content (AvgIpc) is 2.65. The highest BCUT2D eigenvalue weighted by Crippen LogP contribution is 2.28. The van der Waals surface area contributed by atoms with Crippen molar-refractivity contribution in [3.63, 3.8) is 0 Å². The third-order valence-corrected chi connectivity index (χ3v) is 4.98. The molecule has 0 aromatic heterocycles. The minimum atomic E-state index is -0.691. The van der Waals surface area contributed by atoms with Crippen LogP contribution in [0.4, 0.5) is 0 Å². The molecule has 3 N–H and O–H groups in total. The van der Waals surface area contributed by atoms with Crippen LogP contribution >= 0.6 is 0 Å². The first kappa shape index (κ1) is 25.7. The predicted octanol–water partition coefficient (Wildman–Crippen LogP) is 3.21. The van der Waals surface area contributed by atoms with Crippen LogP contribution < -0.4 is 16.0 Å². The molecule has 0 aliphatic rings. The van der Waals surface area contributed by atoms with Gasteiger partial charge in [0, 0.05) is 18.9 Å². The minimum absolute atomic E-state index is 0.0237.